The molecular weight excluding hydrogens is 638 g/mol. The van der Waals surface area contributed by atoms with Crippen LogP contribution in [-0.2, 0) is 24.0 Å². The van der Waals surface area contributed by atoms with Gasteiger partial charge in [0, 0.05) is 24.5 Å². The summed E-state index contributed by atoms with van der Waals surface area (Å²) < 4.78 is 0. The number of nitrogens with zero attached hydrogens (tertiary/aromatic N) is 3. The van der Waals surface area contributed by atoms with E-state index < -0.39 is 59.0 Å². The van der Waals surface area contributed by atoms with Crippen molar-refractivity contribution in [1.29, 1.82) is 0 Å². The first kappa shape index (κ1) is 37.4. The highest BCUT2D eigenvalue weighted by Gasteiger charge is 2.51. The third-order valence-corrected chi connectivity index (χ3v) is 10.9. The van der Waals surface area contributed by atoms with Crippen molar-refractivity contribution in [3.05, 3.63) is 24.3 Å². The van der Waals surface area contributed by atoms with Crippen LogP contribution in [0.1, 0.15) is 128 Å². The van der Waals surface area contributed by atoms with Crippen LogP contribution in [0.2, 0.25) is 0 Å². The Hall–Kier alpha value is -3.90. The summed E-state index contributed by atoms with van der Waals surface area (Å²) in [5.74, 6) is -3.12. The summed E-state index contributed by atoms with van der Waals surface area (Å²) in [6, 6.07) is -3.89. The lowest BCUT2D eigenvalue weighted by atomic mass is 9.81. The number of aromatic nitrogens is 2. The number of likely N-dealkylation sites (tertiary alicyclic amines) is 1. The molecule has 0 radical (unpaired) electrons. The molecule has 2 unspecified atom stereocenters. The third-order valence-electron chi connectivity index (χ3n) is 10.9. The van der Waals surface area contributed by atoms with Crippen molar-refractivity contribution in [2.75, 3.05) is 0 Å². The first-order valence-corrected chi connectivity index (χ1v) is 18.7. The lowest BCUT2D eigenvalue weighted by Crippen LogP contribution is -2.63. The molecule has 13 heteroatoms. The predicted molar refractivity (Wildman–Crippen MR) is 185 cm³/mol. The van der Waals surface area contributed by atoms with E-state index in [1.165, 1.54) is 18.6 Å². The fraction of sp³-hybridized carbons (Fsp3) is 0.730. The van der Waals surface area contributed by atoms with E-state index in [1.54, 1.807) is 4.90 Å². The zero-order chi connectivity index (χ0) is 36.0. The van der Waals surface area contributed by atoms with Gasteiger partial charge >= 0.3 is 0 Å². The number of ketones is 1. The molecule has 3 aliphatic carbocycles. The summed E-state index contributed by atoms with van der Waals surface area (Å²) in [5.41, 5.74) is -0.641. The van der Waals surface area contributed by atoms with Crippen molar-refractivity contribution in [2.45, 2.75) is 154 Å². The third kappa shape index (κ3) is 9.06. The maximum atomic E-state index is 14.8. The molecule has 0 aromatic carbocycles. The monoisotopic (exact) mass is 693 g/mol. The first-order chi connectivity index (χ1) is 23.9. The Labute approximate surface area is 295 Å². The minimum absolute atomic E-state index is 0.0121. The molecule has 274 valence electrons. The molecule has 1 saturated heterocycles. The molecule has 5 amide bonds. The van der Waals surface area contributed by atoms with Crippen molar-refractivity contribution in [1.82, 2.24) is 36.1 Å². The molecule has 1 aromatic rings. The molecule has 2 heterocycles. The van der Waals surface area contributed by atoms with Crippen molar-refractivity contribution in [2.24, 2.45) is 17.3 Å². The van der Waals surface area contributed by atoms with Gasteiger partial charge in [0.2, 0.25) is 23.5 Å². The van der Waals surface area contributed by atoms with E-state index in [9.17, 15) is 28.8 Å². The Kier molecular flexibility index (Phi) is 12.3. The standard InChI is InChI=1S/C37H55N7O6/c1-5-11-25(30(45)35(49)40-24-16-17-24)41-33(47)28-20-23-14-9-10-15-27(23)44(28)36(50)31(37(2,3)4)43-34(48)29(22-12-7-6-8-13-22)42-32(46)26-21-38-18-19-39-26/h18-19,21-25,27-29,31H,5-17,20H2,1-4H3,(H,40,49)(H,41,47)(H,42,46)(H,43,48)/t23?,25-,27?,28+,29+,31-/m1/s1. The zero-order valence-electron chi connectivity index (χ0n) is 30.0. The van der Waals surface area contributed by atoms with E-state index in [1.807, 2.05) is 27.7 Å². The molecule has 4 aliphatic rings. The second-order valence-electron chi connectivity index (χ2n) is 15.8. The molecule has 0 spiro atoms. The summed E-state index contributed by atoms with van der Waals surface area (Å²) in [4.78, 5) is 91.9. The Bertz CT molecular complexity index is 1400. The topological polar surface area (TPSA) is 180 Å². The summed E-state index contributed by atoms with van der Waals surface area (Å²) >= 11 is 0. The fourth-order valence-electron chi connectivity index (χ4n) is 8.01. The predicted octanol–water partition coefficient (Wildman–Crippen LogP) is 2.98. The maximum Gasteiger partial charge on any atom is 0.289 e. The van der Waals surface area contributed by atoms with Crippen LogP contribution in [0.15, 0.2) is 18.6 Å². The summed E-state index contributed by atoms with van der Waals surface area (Å²) in [5, 5.41) is 11.5. The highest BCUT2D eigenvalue weighted by molar-refractivity contribution is 6.38. The molecule has 4 N–H and O–H groups in total. The SMILES string of the molecule is CCC[C@@H](NC(=O)[C@@H]1CC2CCCCC2N1C(=O)[C@@H](NC(=O)[C@@H](NC(=O)c1cnccn1)C1CCCCC1)C(C)(C)C)C(=O)C(=O)NC1CC1. The van der Waals surface area contributed by atoms with E-state index in [4.69, 9.17) is 0 Å². The van der Waals surface area contributed by atoms with E-state index in [0.29, 0.717) is 19.3 Å². The zero-order valence-corrected chi connectivity index (χ0v) is 30.0. The number of carbonyl (C=O) groups is 6. The van der Waals surface area contributed by atoms with Gasteiger partial charge in [-0.15, -0.1) is 0 Å². The number of amides is 5. The summed E-state index contributed by atoms with van der Waals surface area (Å²) in [6.07, 6.45) is 15.3. The van der Waals surface area contributed by atoms with Gasteiger partial charge in [-0.05, 0) is 68.6 Å². The smallest absolute Gasteiger partial charge is 0.289 e. The van der Waals surface area contributed by atoms with Gasteiger partial charge < -0.3 is 26.2 Å². The van der Waals surface area contributed by atoms with E-state index in [2.05, 4.69) is 31.2 Å². The second kappa shape index (κ2) is 16.4. The highest BCUT2D eigenvalue weighted by Crippen LogP contribution is 2.41. The number of hydrogen-bond donors (Lipinski definition) is 4. The van der Waals surface area contributed by atoms with Crippen LogP contribution < -0.4 is 21.3 Å². The van der Waals surface area contributed by atoms with Gasteiger partial charge in [-0.3, -0.25) is 33.8 Å². The lowest BCUT2D eigenvalue weighted by molar-refractivity contribution is -0.147. The molecule has 50 heavy (non-hydrogen) atoms. The minimum Gasteiger partial charge on any atom is -0.347 e. The Balaban J connectivity index is 1.38. The van der Waals surface area contributed by atoms with E-state index in [-0.39, 0.29) is 35.5 Å². The average Bonchev–Trinajstić information content (AvgIpc) is 3.84. The van der Waals surface area contributed by atoms with Gasteiger partial charge in [0.25, 0.3) is 11.8 Å². The average molecular weight is 694 g/mol. The lowest BCUT2D eigenvalue weighted by Gasteiger charge is -2.40. The highest BCUT2D eigenvalue weighted by atomic mass is 16.2. The molecule has 3 saturated carbocycles. The van der Waals surface area contributed by atoms with Crippen LogP contribution in [0.3, 0.4) is 0 Å². The van der Waals surface area contributed by atoms with Gasteiger partial charge in [-0.25, -0.2) is 4.98 Å². The van der Waals surface area contributed by atoms with Crippen LogP contribution in [0.5, 0.6) is 0 Å². The summed E-state index contributed by atoms with van der Waals surface area (Å²) in [7, 11) is 0. The van der Waals surface area contributed by atoms with Crippen molar-refractivity contribution in [3.8, 4) is 0 Å². The minimum atomic E-state index is -0.997. The Morgan fingerprint density at radius 1 is 0.880 bits per heavy atom. The quantitative estimate of drug-likeness (QED) is 0.228. The van der Waals surface area contributed by atoms with E-state index in [0.717, 1.165) is 70.6 Å². The number of rotatable bonds is 13. The largest absolute Gasteiger partial charge is 0.347 e. The van der Waals surface area contributed by atoms with Gasteiger partial charge in [-0.2, -0.15) is 0 Å². The number of fused-ring (bicyclic) bond motifs is 1. The molecule has 4 fully saturated rings. The molecule has 1 aliphatic heterocycles. The van der Waals surface area contributed by atoms with Gasteiger partial charge in [0.05, 0.1) is 12.2 Å². The fourth-order valence-corrected chi connectivity index (χ4v) is 8.01. The summed E-state index contributed by atoms with van der Waals surface area (Å²) in [6.45, 7) is 7.52. The van der Waals surface area contributed by atoms with Crippen LogP contribution in [0.4, 0.5) is 0 Å². The van der Waals surface area contributed by atoms with E-state index >= 15 is 0 Å². The molecule has 1 aromatic heterocycles. The van der Waals surface area contributed by atoms with Crippen LogP contribution >= 0.6 is 0 Å². The van der Waals surface area contributed by atoms with Gasteiger partial charge in [0.15, 0.2) is 0 Å². The van der Waals surface area contributed by atoms with Crippen molar-refractivity contribution in [3.63, 3.8) is 0 Å². The molecule has 6 atom stereocenters. The van der Waals surface area contributed by atoms with Crippen LogP contribution in [0, 0.1) is 17.3 Å². The van der Waals surface area contributed by atoms with Crippen LogP contribution in [0.25, 0.3) is 0 Å². The number of nitrogens with one attached hydrogen (secondary N) is 4. The maximum absolute atomic E-state index is 14.8. The molecule has 5 rings (SSSR count). The van der Waals surface area contributed by atoms with Crippen LogP contribution in [-0.4, -0.2) is 86.4 Å². The number of carbonyl (C=O) groups excluding carboxylic acids is 6. The van der Waals surface area contributed by atoms with Gasteiger partial charge in [0.1, 0.15) is 23.8 Å². The Morgan fingerprint density at radius 2 is 1.58 bits per heavy atom. The number of Topliss-reactive ketones (excluding diaryl/α,β-unsaturated/α-hetero) is 1. The Morgan fingerprint density at radius 3 is 2.22 bits per heavy atom. The normalized spacial score (nSPS) is 24.2. The van der Waals surface area contributed by atoms with Crippen molar-refractivity contribution >= 4 is 35.3 Å². The molecule has 0 bridgehead atoms. The molecule has 13 nitrogen and oxygen atoms in total. The van der Waals surface area contributed by atoms with Gasteiger partial charge in [-0.1, -0.05) is 66.2 Å². The first-order valence-electron chi connectivity index (χ1n) is 18.7. The molecular formula is C37H55N7O6. The van der Waals surface area contributed by atoms with Crippen molar-refractivity contribution < 1.29 is 28.8 Å². The second-order valence-corrected chi connectivity index (χ2v) is 15.8. The number of hydrogen-bond acceptors (Lipinski definition) is 8.